The van der Waals surface area contributed by atoms with Gasteiger partial charge >= 0.3 is 6.36 Å². The molecule has 0 fully saturated rings. The van der Waals surface area contributed by atoms with Crippen LogP contribution in [0.3, 0.4) is 0 Å². The minimum atomic E-state index is -4.86. The number of hydrogen-bond acceptors (Lipinski definition) is 4. The van der Waals surface area contributed by atoms with Crippen molar-refractivity contribution in [3.05, 3.63) is 54.6 Å². The number of benzene rings is 2. The van der Waals surface area contributed by atoms with Crippen molar-refractivity contribution in [3.8, 4) is 28.4 Å². The van der Waals surface area contributed by atoms with E-state index in [0.717, 1.165) is 0 Å². The maximum absolute atomic E-state index is 12.7. The van der Waals surface area contributed by atoms with Crippen LogP contribution in [-0.2, 0) is 0 Å². The Morgan fingerprint density at radius 1 is 1.12 bits per heavy atom. The van der Waals surface area contributed by atoms with Crippen LogP contribution in [0.4, 0.5) is 13.2 Å². The van der Waals surface area contributed by atoms with Crippen LogP contribution < -0.4 is 14.2 Å². The first-order valence-electron chi connectivity index (χ1n) is 7.15. The van der Waals surface area contributed by atoms with Crippen LogP contribution in [0.25, 0.3) is 11.1 Å². The third-order valence-electron chi connectivity index (χ3n) is 3.18. The van der Waals surface area contributed by atoms with Crippen LogP contribution in [0.2, 0.25) is 0 Å². The first-order chi connectivity index (χ1) is 11.9. The van der Waals surface area contributed by atoms with Gasteiger partial charge in [0.2, 0.25) is 0 Å². The summed E-state index contributed by atoms with van der Waals surface area (Å²) in [5.74, 6) is -0.0157. The smallest absolute Gasteiger partial charge is 0.493 e. The van der Waals surface area contributed by atoms with Crippen LogP contribution in [0, 0.1) is 0 Å². The van der Waals surface area contributed by atoms with Crippen LogP contribution in [-0.4, -0.2) is 26.4 Å². The van der Waals surface area contributed by atoms with Crippen molar-refractivity contribution in [2.24, 2.45) is 0 Å². The Hall–Kier alpha value is -2.96. The molecule has 132 valence electrons. The number of hydrogen-bond donors (Lipinski definition) is 0. The maximum Gasteiger partial charge on any atom is 0.573 e. The summed E-state index contributed by atoms with van der Waals surface area (Å²) in [6, 6.07) is 8.42. The molecule has 2 aromatic rings. The van der Waals surface area contributed by atoms with Crippen molar-refractivity contribution < 1.29 is 32.2 Å². The Morgan fingerprint density at radius 3 is 2.44 bits per heavy atom. The van der Waals surface area contributed by atoms with Crippen LogP contribution in [0.15, 0.2) is 49.1 Å². The van der Waals surface area contributed by atoms with E-state index in [4.69, 9.17) is 9.47 Å². The number of rotatable bonds is 7. The molecule has 7 heteroatoms. The predicted octanol–water partition coefficient (Wildman–Crippen LogP) is 4.64. The van der Waals surface area contributed by atoms with Gasteiger partial charge in [0.1, 0.15) is 18.6 Å². The lowest BCUT2D eigenvalue weighted by Crippen LogP contribution is -2.17. The number of carbonyl (C=O) groups is 1. The number of aldehydes is 1. The summed E-state index contributed by atoms with van der Waals surface area (Å²) in [7, 11) is 1.37. The Balaban J connectivity index is 2.68. The van der Waals surface area contributed by atoms with Gasteiger partial charge in [-0.25, -0.2) is 0 Å². The van der Waals surface area contributed by atoms with Crippen molar-refractivity contribution in [2.45, 2.75) is 6.36 Å². The number of alkyl halides is 3. The maximum atomic E-state index is 12.7. The van der Waals surface area contributed by atoms with E-state index in [1.807, 2.05) is 0 Å². The van der Waals surface area contributed by atoms with E-state index in [1.165, 1.54) is 43.5 Å². The summed E-state index contributed by atoms with van der Waals surface area (Å²) in [4.78, 5) is 11.2. The highest BCUT2D eigenvalue weighted by Crippen LogP contribution is 2.43. The van der Waals surface area contributed by atoms with Gasteiger partial charge in [0.05, 0.1) is 7.11 Å². The molecule has 0 amide bonds. The minimum absolute atomic E-state index is 0.103. The molecule has 0 unspecified atom stereocenters. The Kier molecular flexibility index (Phi) is 5.69. The van der Waals surface area contributed by atoms with Gasteiger partial charge in [-0.15, -0.1) is 13.2 Å². The Morgan fingerprint density at radius 2 is 1.84 bits per heavy atom. The molecule has 4 nitrogen and oxygen atoms in total. The SMILES string of the molecule is C=CCOc1c(OC)cc(C=O)cc1-c1ccccc1OC(F)(F)F. The molecule has 0 spiro atoms. The number of halogens is 3. The molecule has 0 heterocycles. The molecule has 0 saturated heterocycles. The standard InChI is InChI=1S/C18H15F3O4/c1-3-8-24-17-14(9-12(11-22)10-16(17)23-2)13-6-4-5-7-15(13)25-18(19,20)21/h3-7,9-11H,1,8H2,2H3. The zero-order chi connectivity index (χ0) is 18.4. The number of para-hydroxylation sites is 1. The highest BCUT2D eigenvalue weighted by atomic mass is 19.4. The first-order valence-corrected chi connectivity index (χ1v) is 7.15. The Labute approximate surface area is 142 Å². The molecule has 0 radical (unpaired) electrons. The molecule has 0 aliphatic carbocycles. The highest BCUT2D eigenvalue weighted by Gasteiger charge is 2.32. The monoisotopic (exact) mass is 352 g/mol. The lowest BCUT2D eigenvalue weighted by atomic mass is 10.0. The van der Waals surface area contributed by atoms with E-state index in [-0.39, 0.29) is 34.8 Å². The van der Waals surface area contributed by atoms with Gasteiger partial charge in [-0.05, 0) is 18.2 Å². The number of carbonyl (C=O) groups excluding carboxylic acids is 1. The highest BCUT2D eigenvalue weighted by molar-refractivity contribution is 5.86. The molecule has 0 atom stereocenters. The zero-order valence-corrected chi connectivity index (χ0v) is 13.3. The summed E-state index contributed by atoms with van der Waals surface area (Å²) in [6.07, 6.45) is -2.81. The normalized spacial score (nSPS) is 10.9. The molecule has 0 aliphatic rings. The average molecular weight is 352 g/mol. The molecule has 0 saturated carbocycles. The molecular weight excluding hydrogens is 337 g/mol. The van der Waals surface area contributed by atoms with E-state index in [9.17, 15) is 18.0 Å². The van der Waals surface area contributed by atoms with Crippen molar-refractivity contribution in [1.29, 1.82) is 0 Å². The summed E-state index contributed by atoms with van der Waals surface area (Å²) in [6.45, 7) is 3.64. The van der Waals surface area contributed by atoms with E-state index < -0.39 is 12.1 Å². The topological polar surface area (TPSA) is 44.8 Å². The largest absolute Gasteiger partial charge is 0.573 e. The molecule has 2 rings (SSSR count). The van der Waals surface area contributed by atoms with Gasteiger partial charge in [0.25, 0.3) is 0 Å². The fourth-order valence-corrected chi connectivity index (χ4v) is 2.24. The summed E-state index contributed by atoms with van der Waals surface area (Å²) in [5.41, 5.74) is 0.573. The lowest BCUT2D eigenvalue weighted by molar-refractivity contribution is -0.274. The van der Waals surface area contributed by atoms with Gasteiger partial charge < -0.3 is 14.2 Å². The van der Waals surface area contributed by atoms with Crippen molar-refractivity contribution in [3.63, 3.8) is 0 Å². The second-order valence-corrected chi connectivity index (χ2v) is 4.86. The Bertz CT molecular complexity index is 769. The number of methoxy groups -OCH3 is 1. The summed E-state index contributed by atoms with van der Waals surface area (Å²) >= 11 is 0. The fourth-order valence-electron chi connectivity index (χ4n) is 2.24. The molecule has 25 heavy (non-hydrogen) atoms. The van der Waals surface area contributed by atoms with Crippen LogP contribution in [0.5, 0.6) is 17.2 Å². The first kappa shape index (κ1) is 18.4. The van der Waals surface area contributed by atoms with Crippen molar-refractivity contribution in [2.75, 3.05) is 13.7 Å². The fraction of sp³-hybridized carbons (Fsp3) is 0.167. The van der Waals surface area contributed by atoms with Crippen molar-refractivity contribution >= 4 is 6.29 Å². The van der Waals surface area contributed by atoms with Gasteiger partial charge in [-0.3, -0.25) is 4.79 Å². The zero-order valence-electron chi connectivity index (χ0n) is 13.3. The van der Waals surface area contributed by atoms with E-state index in [0.29, 0.717) is 6.29 Å². The van der Waals surface area contributed by atoms with Gasteiger partial charge in [0, 0.05) is 16.7 Å². The molecule has 0 aliphatic heterocycles. The molecule has 0 N–H and O–H groups in total. The van der Waals surface area contributed by atoms with Gasteiger partial charge in [0.15, 0.2) is 11.5 Å². The quantitative estimate of drug-likeness (QED) is 0.538. The third-order valence-corrected chi connectivity index (χ3v) is 3.18. The number of ether oxygens (including phenoxy) is 3. The molecule has 0 bridgehead atoms. The second-order valence-electron chi connectivity index (χ2n) is 4.86. The van der Waals surface area contributed by atoms with E-state index in [1.54, 1.807) is 6.07 Å². The third kappa shape index (κ3) is 4.53. The predicted molar refractivity (Wildman–Crippen MR) is 86.2 cm³/mol. The van der Waals surface area contributed by atoms with E-state index in [2.05, 4.69) is 11.3 Å². The van der Waals surface area contributed by atoms with Crippen LogP contribution >= 0.6 is 0 Å². The van der Waals surface area contributed by atoms with Gasteiger partial charge in [-0.2, -0.15) is 0 Å². The molecule has 0 aromatic heterocycles. The van der Waals surface area contributed by atoms with E-state index >= 15 is 0 Å². The minimum Gasteiger partial charge on any atom is -0.493 e. The second kappa shape index (κ2) is 7.74. The molecule has 2 aromatic carbocycles. The van der Waals surface area contributed by atoms with Crippen molar-refractivity contribution in [1.82, 2.24) is 0 Å². The summed E-state index contributed by atoms with van der Waals surface area (Å²) in [5, 5.41) is 0. The average Bonchev–Trinajstić information content (AvgIpc) is 2.58. The lowest BCUT2D eigenvalue weighted by Gasteiger charge is -2.18. The molecular formula is C18H15F3O4. The van der Waals surface area contributed by atoms with Gasteiger partial charge in [-0.1, -0.05) is 30.9 Å². The van der Waals surface area contributed by atoms with Crippen LogP contribution in [0.1, 0.15) is 10.4 Å². The summed E-state index contributed by atoms with van der Waals surface area (Å²) < 4.78 is 52.9.